The van der Waals surface area contributed by atoms with E-state index in [0.717, 1.165) is 12.0 Å². The van der Waals surface area contributed by atoms with Gasteiger partial charge in [-0.1, -0.05) is 26.8 Å². The van der Waals surface area contributed by atoms with Crippen molar-refractivity contribution in [2.24, 2.45) is 5.41 Å². The van der Waals surface area contributed by atoms with Crippen LogP contribution in [0.2, 0.25) is 0 Å². The van der Waals surface area contributed by atoms with Gasteiger partial charge in [0.1, 0.15) is 23.3 Å². The molecule has 8 nitrogen and oxygen atoms in total. The van der Waals surface area contributed by atoms with E-state index in [0.29, 0.717) is 30.3 Å². The Morgan fingerprint density at radius 1 is 1.23 bits per heavy atom. The fourth-order valence-electron chi connectivity index (χ4n) is 5.65. The van der Waals surface area contributed by atoms with E-state index in [-0.39, 0.29) is 29.6 Å². The molecule has 3 atom stereocenters. The summed E-state index contributed by atoms with van der Waals surface area (Å²) in [4.78, 5) is 13.0. The number of amides is 1. The van der Waals surface area contributed by atoms with Gasteiger partial charge in [-0.2, -0.15) is 5.10 Å². The number of halogens is 2. The lowest BCUT2D eigenvalue weighted by Gasteiger charge is -2.40. The molecule has 2 bridgehead atoms. The van der Waals surface area contributed by atoms with E-state index in [4.69, 9.17) is 9.15 Å². The second kappa shape index (κ2) is 8.44. The van der Waals surface area contributed by atoms with Crippen LogP contribution in [0.3, 0.4) is 0 Å². The summed E-state index contributed by atoms with van der Waals surface area (Å²) in [6.45, 7) is 7.83. The maximum Gasteiger partial charge on any atom is 0.249 e. The molecular weight excluding hydrogens is 456 g/mol. The Labute approximate surface area is 201 Å². The highest BCUT2D eigenvalue weighted by Gasteiger charge is 2.65. The SMILES string of the molecule is CCC(O[C@@]12CC[C@@H](c3cc(-c4c(F)cccc4F)nnc31)C2(C)C)C(=O)NCc1nnc(C)o1. The van der Waals surface area contributed by atoms with Gasteiger partial charge in [-0.25, -0.2) is 8.78 Å². The smallest absolute Gasteiger partial charge is 0.249 e. The van der Waals surface area contributed by atoms with Gasteiger partial charge in [0.15, 0.2) is 0 Å². The third kappa shape index (κ3) is 3.62. The van der Waals surface area contributed by atoms with Gasteiger partial charge in [-0.05, 0) is 48.9 Å². The highest BCUT2D eigenvalue weighted by atomic mass is 19.1. The number of hydrogen-bond donors (Lipinski definition) is 1. The summed E-state index contributed by atoms with van der Waals surface area (Å²) >= 11 is 0. The average Bonchev–Trinajstić information content (AvgIpc) is 3.41. The molecule has 0 saturated heterocycles. The molecule has 1 amide bonds. The molecule has 35 heavy (non-hydrogen) atoms. The number of carbonyl (C=O) groups excluding carboxylic acids is 1. The van der Waals surface area contributed by atoms with Crippen LogP contribution < -0.4 is 5.32 Å². The first-order valence-electron chi connectivity index (χ1n) is 11.7. The summed E-state index contributed by atoms with van der Waals surface area (Å²) in [5.41, 5.74) is 0.223. The van der Waals surface area contributed by atoms with Crippen molar-refractivity contribution >= 4 is 5.91 Å². The molecule has 2 aromatic heterocycles. The molecule has 10 heteroatoms. The molecule has 2 heterocycles. The number of fused-ring (bicyclic) bond motifs is 5. The number of rotatable bonds is 7. The first kappa shape index (κ1) is 23.5. The molecule has 2 aliphatic carbocycles. The second-order valence-electron chi connectivity index (χ2n) is 9.72. The van der Waals surface area contributed by atoms with E-state index in [1.807, 2.05) is 6.92 Å². The van der Waals surface area contributed by atoms with Crippen molar-refractivity contribution in [3.8, 4) is 11.3 Å². The highest BCUT2D eigenvalue weighted by molar-refractivity contribution is 5.80. The van der Waals surface area contributed by atoms with Crippen LogP contribution in [0.5, 0.6) is 0 Å². The number of ether oxygens (including phenoxy) is 1. The fraction of sp³-hybridized carbons (Fsp3) is 0.480. The lowest BCUT2D eigenvalue weighted by Crippen LogP contribution is -2.46. The topological polar surface area (TPSA) is 103 Å². The average molecular weight is 484 g/mol. The number of aromatic nitrogens is 4. The molecule has 3 aromatic rings. The number of aryl methyl sites for hydroxylation is 1. The van der Waals surface area contributed by atoms with Crippen molar-refractivity contribution in [3.63, 3.8) is 0 Å². The predicted octanol–water partition coefficient (Wildman–Crippen LogP) is 4.34. The molecule has 1 saturated carbocycles. The van der Waals surface area contributed by atoms with Gasteiger partial charge in [0.2, 0.25) is 17.7 Å². The lowest BCUT2D eigenvalue weighted by molar-refractivity contribution is -0.168. The van der Waals surface area contributed by atoms with Crippen LogP contribution in [-0.2, 0) is 21.7 Å². The Morgan fingerprint density at radius 2 is 1.97 bits per heavy atom. The molecule has 0 radical (unpaired) electrons. The fourth-order valence-corrected chi connectivity index (χ4v) is 5.65. The van der Waals surface area contributed by atoms with Crippen LogP contribution in [0, 0.1) is 24.0 Å². The number of carbonyl (C=O) groups is 1. The van der Waals surface area contributed by atoms with E-state index >= 15 is 0 Å². The normalized spacial score (nSPS) is 22.7. The van der Waals surface area contributed by atoms with Crippen LogP contribution in [0.25, 0.3) is 11.3 Å². The van der Waals surface area contributed by atoms with Crippen molar-refractivity contribution in [2.75, 3.05) is 0 Å². The van der Waals surface area contributed by atoms with E-state index in [9.17, 15) is 13.6 Å². The molecule has 0 aliphatic heterocycles. The van der Waals surface area contributed by atoms with Gasteiger partial charge in [-0.15, -0.1) is 15.3 Å². The Hall–Kier alpha value is -3.27. The Morgan fingerprint density at radius 3 is 2.63 bits per heavy atom. The summed E-state index contributed by atoms with van der Waals surface area (Å²) in [6.07, 6.45) is 1.18. The maximum absolute atomic E-state index is 14.4. The minimum Gasteiger partial charge on any atom is -0.424 e. The predicted molar refractivity (Wildman–Crippen MR) is 121 cm³/mol. The van der Waals surface area contributed by atoms with E-state index in [1.54, 1.807) is 13.0 Å². The van der Waals surface area contributed by atoms with E-state index in [2.05, 4.69) is 39.6 Å². The molecule has 1 fully saturated rings. The quantitative estimate of drug-likeness (QED) is 0.533. The van der Waals surface area contributed by atoms with Crippen LogP contribution in [0.1, 0.15) is 69.0 Å². The molecule has 1 N–H and O–H groups in total. The van der Waals surface area contributed by atoms with Gasteiger partial charge in [0.05, 0.1) is 23.5 Å². The Bertz CT molecular complexity index is 1270. The van der Waals surface area contributed by atoms with Gasteiger partial charge in [-0.3, -0.25) is 4.79 Å². The Balaban J connectivity index is 1.45. The second-order valence-corrected chi connectivity index (χ2v) is 9.72. The zero-order valence-corrected chi connectivity index (χ0v) is 20.1. The number of benzene rings is 1. The number of hydrogen-bond acceptors (Lipinski definition) is 7. The summed E-state index contributed by atoms with van der Waals surface area (Å²) in [5, 5.41) is 19.1. The van der Waals surface area contributed by atoms with Crippen LogP contribution >= 0.6 is 0 Å². The zero-order valence-electron chi connectivity index (χ0n) is 20.1. The third-order valence-corrected chi connectivity index (χ3v) is 7.49. The lowest BCUT2D eigenvalue weighted by atomic mass is 9.77. The van der Waals surface area contributed by atoms with Crippen molar-refractivity contribution in [3.05, 3.63) is 58.9 Å². The summed E-state index contributed by atoms with van der Waals surface area (Å²) in [7, 11) is 0. The van der Waals surface area contributed by atoms with Gasteiger partial charge < -0.3 is 14.5 Å². The molecule has 1 aromatic carbocycles. The van der Waals surface area contributed by atoms with Gasteiger partial charge >= 0.3 is 0 Å². The molecular formula is C25H27F2N5O3. The standard InChI is InChI=1S/C25H27F2N5O3/c1-5-19(23(33)28-12-20-31-29-13(2)34-20)35-25-10-9-15(24(25,3)4)14-11-18(30-32-22(14)25)21-16(26)7-6-8-17(21)27/h6-8,11,15,19H,5,9-10,12H2,1-4H3,(H,28,33)/t15-,19?,25-/m0/s1. The minimum atomic E-state index is -0.842. The van der Waals surface area contributed by atoms with Crippen molar-refractivity contribution in [2.45, 2.75) is 71.1 Å². The Kier molecular flexibility index (Phi) is 5.66. The summed E-state index contributed by atoms with van der Waals surface area (Å²) in [5.74, 6) is -0.869. The highest BCUT2D eigenvalue weighted by Crippen LogP contribution is 2.68. The third-order valence-electron chi connectivity index (χ3n) is 7.49. The van der Waals surface area contributed by atoms with E-state index < -0.39 is 28.8 Å². The monoisotopic (exact) mass is 483 g/mol. The van der Waals surface area contributed by atoms with Gasteiger partial charge in [0, 0.05) is 12.3 Å². The van der Waals surface area contributed by atoms with Crippen LogP contribution in [0.15, 0.2) is 28.7 Å². The number of nitrogens with zero attached hydrogens (tertiary/aromatic N) is 4. The minimum absolute atomic E-state index is 0.0588. The van der Waals surface area contributed by atoms with Crippen molar-refractivity contribution in [1.82, 2.24) is 25.7 Å². The largest absolute Gasteiger partial charge is 0.424 e. The zero-order chi connectivity index (χ0) is 25.0. The van der Waals surface area contributed by atoms with Crippen molar-refractivity contribution < 1.29 is 22.7 Å². The van der Waals surface area contributed by atoms with Gasteiger partial charge in [0.25, 0.3) is 0 Å². The molecule has 2 aliphatic rings. The first-order chi connectivity index (χ1) is 16.7. The van der Waals surface area contributed by atoms with E-state index in [1.165, 1.54) is 18.2 Å². The van der Waals surface area contributed by atoms with Crippen LogP contribution in [0.4, 0.5) is 8.78 Å². The molecule has 1 unspecified atom stereocenters. The molecule has 184 valence electrons. The summed E-state index contributed by atoms with van der Waals surface area (Å²) < 4.78 is 40.8. The summed E-state index contributed by atoms with van der Waals surface area (Å²) in [6, 6.07) is 5.44. The molecule has 0 spiro atoms. The first-order valence-corrected chi connectivity index (χ1v) is 11.7. The maximum atomic E-state index is 14.4. The van der Waals surface area contributed by atoms with Crippen molar-refractivity contribution in [1.29, 1.82) is 0 Å². The molecule has 5 rings (SSSR count). The van der Waals surface area contributed by atoms with Crippen LogP contribution in [-0.4, -0.2) is 32.4 Å². The number of nitrogens with one attached hydrogen (secondary N) is 1.